The van der Waals surface area contributed by atoms with Crippen molar-refractivity contribution >= 4 is 37.8 Å². The molecule has 0 aliphatic carbocycles. The number of hydrogen-bond acceptors (Lipinski definition) is 4. The van der Waals surface area contributed by atoms with Crippen LogP contribution >= 0.6 is 15.9 Å². The third-order valence-corrected chi connectivity index (χ3v) is 4.45. The number of rotatable bonds is 7. The molecule has 2 amide bonds. The van der Waals surface area contributed by atoms with E-state index in [2.05, 4.69) is 32.5 Å². The summed E-state index contributed by atoms with van der Waals surface area (Å²) in [5.74, 6) is -1.31. The molecule has 0 aromatic heterocycles. The molecule has 1 rings (SSSR count). The summed E-state index contributed by atoms with van der Waals surface area (Å²) in [6.45, 7) is 3.15. The van der Waals surface area contributed by atoms with Crippen LogP contribution in [0.2, 0.25) is 0 Å². The minimum atomic E-state index is -3.74. The second kappa shape index (κ2) is 7.34. The largest absolute Gasteiger partial charge is 0.368 e. The maximum atomic E-state index is 12.0. The monoisotopic (exact) mass is 375 g/mol. The van der Waals surface area contributed by atoms with Crippen LogP contribution in [0.5, 0.6) is 0 Å². The highest BCUT2D eigenvalue weighted by molar-refractivity contribution is 9.10. The number of carbonyl (C=O) groups excluding carboxylic acids is 2. The Morgan fingerprint density at radius 3 is 2.62 bits per heavy atom. The van der Waals surface area contributed by atoms with E-state index in [1.54, 1.807) is 0 Å². The van der Waals surface area contributed by atoms with Crippen molar-refractivity contribution in [2.75, 3.05) is 13.1 Å². The van der Waals surface area contributed by atoms with Crippen molar-refractivity contribution in [3.05, 3.63) is 40.9 Å². The third kappa shape index (κ3) is 4.96. The van der Waals surface area contributed by atoms with Crippen LogP contribution in [0.15, 0.2) is 40.2 Å². The number of halogens is 1. The van der Waals surface area contributed by atoms with Gasteiger partial charge in [-0.25, -0.2) is 13.1 Å². The smallest absolute Gasteiger partial charge is 0.252 e. The number of benzene rings is 1. The Bertz CT molecular complexity index is 673. The predicted octanol–water partition coefficient (Wildman–Crippen LogP) is 0.129. The van der Waals surface area contributed by atoms with Gasteiger partial charge >= 0.3 is 0 Å². The molecule has 0 aliphatic heterocycles. The summed E-state index contributed by atoms with van der Waals surface area (Å²) in [6.07, 6.45) is 1.40. The Kier molecular flexibility index (Phi) is 6.06. The summed E-state index contributed by atoms with van der Waals surface area (Å²) in [4.78, 5) is 22.5. The molecule has 0 atom stereocenters. The lowest BCUT2D eigenvalue weighted by Gasteiger charge is -2.09. The van der Waals surface area contributed by atoms with Gasteiger partial charge in [-0.2, -0.15) is 0 Å². The normalized spacial score (nSPS) is 10.9. The van der Waals surface area contributed by atoms with Crippen LogP contribution in [-0.2, 0) is 14.8 Å². The van der Waals surface area contributed by atoms with E-state index in [4.69, 9.17) is 5.73 Å². The lowest BCUT2D eigenvalue weighted by Crippen LogP contribution is -2.33. The molecule has 0 bridgehead atoms. The molecule has 0 saturated heterocycles. The van der Waals surface area contributed by atoms with Gasteiger partial charge in [-0.15, -0.1) is 6.58 Å². The minimum absolute atomic E-state index is 0.0710. The maximum absolute atomic E-state index is 12.0. The zero-order valence-corrected chi connectivity index (χ0v) is 13.3. The van der Waals surface area contributed by atoms with Gasteiger partial charge in [0.05, 0.1) is 17.0 Å². The summed E-state index contributed by atoms with van der Waals surface area (Å²) in [6, 6.07) is 3.98. The Labute approximate surface area is 130 Å². The molecule has 0 fully saturated rings. The molecular weight excluding hydrogens is 362 g/mol. The Morgan fingerprint density at radius 2 is 2.05 bits per heavy atom. The molecule has 0 spiro atoms. The lowest BCUT2D eigenvalue weighted by molar-refractivity contribution is -0.117. The summed E-state index contributed by atoms with van der Waals surface area (Å²) < 4.78 is 26.6. The highest BCUT2D eigenvalue weighted by Gasteiger charge is 2.18. The Morgan fingerprint density at radius 1 is 1.38 bits per heavy atom. The topological polar surface area (TPSA) is 118 Å². The van der Waals surface area contributed by atoms with E-state index in [1.807, 2.05) is 0 Å². The molecule has 1 aromatic carbocycles. The average Bonchev–Trinajstić information content (AvgIpc) is 2.42. The van der Waals surface area contributed by atoms with Crippen LogP contribution < -0.4 is 15.8 Å². The van der Waals surface area contributed by atoms with Gasteiger partial charge < -0.3 is 11.1 Å². The lowest BCUT2D eigenvalue weighted by atomic mass is 10.2. The van der Waals surface area contributed by atoms with Gasteiger partial charge in [0.1, 0.15) is 0 Å². The van der Waals surface area contributed by atoms with Crippen molar-refractivity contribution in [1.82, 2.24) is 10.0 Å². The molecule has 7 nitrogen and oxygen atoms in total. The Hall–Kier alpha value is -1.71. The van der Waals surface area contributed by atoms with Crippen LogP contribution in [-0.4, -0.2) is 33.3 Å². The zero-order chi connectivity index (χ0) is 16.0. The molecule has 0 saturated carbocycles. The minimum Gasteiger partial charge on any atom is -0.368 e. The molecule has 9 heteroatoms. The molecule has 21 heavy (non-hydrogen) atoms. The van der Waals surface area contributed by atoms with Crippen LogP contribution in [0.3, 0.4) is 0 Å². The highest BCUT2D eigenvalue weighted by Crippen LogP contribution is 2.21. The first-order valence-electron chi connectivity index (χ1n) is 5.74. The van der Waals surface area contributed by atoms with Crippen LogP contribution in [0, 0.1) is 0 Å². The highest BCUT2D eigenvalue weighted by atomic mass is 79.9. The fourth-order valence-electron chi connectivity index (χ4n) is 1.36. The molecular formula is C12H14BrN3O4S. The maximum Gasteiger partial charge on any atom is 0.252 e. The van der Waals surface area contributed by atoms with E-state index in [9.17, 15) is 18.0 Å². The van der Waals surface area contributed by atoms with Crippen LogP contribution in [0.25, 0.3) is 0 Å². The number of hydrogen-bond donors (Lipinski definition) is 3. The zero-order valence-electron chi connectivity index (χ0n) is 10.9. The number of nitrogens with one attached hydrogen (secondary N) is 2. The van der Waals surface area contributed by atoms with E-state index in [0.29, 0.717) is 4.47 Å². The summed E-state index contributed by atoms with van der Waals surface area (Å²) in [5.41, 5.74) is 5.01. The van der Waals surface area contributed by atoms with E-state index in [-0.39, 0.29) is 23.5 Å². The third-order valence-electron chi connectivity index (χ3n) is 2.33. The van der Waals surface area contributed by atoms with E-state index < -0.39 is 21.8 Å². The Balaban J connectivity index is 3.07. The molecule has 4 N–H and O–H groups in total. The summed E-state index contributed by atoms with van der Waals surface area (Å²) in [5, 5.41) is 2.29. The van der Waals surface area contributed by atoms with Crippen molar-refractivity contribution in [2.45, 2.75) is 4.90 Å². The SMILES string of the molecule is C=CCNS(=O)(=O)c1ccc(Br)c(C(=O)NCC(N)=O)c1. The van der Waals surface area contributed by atoms with Crippen molar-refractivity contribution < 1.29 is 18.0 Å². The number of nitrogens with two attached hydrogens (primary N) is 1. The molecule has 0 unspecified atom stereocenters. The van der Waals surface area contributed by atoms with Gasteiger partial charge in [0.15, 0.2) is 0 Å². The van der Waals surface area contributed by atoms with Crippen LogP contribution in [0.4, 0.5) is 0 Å². The number of primary amides is 1. The van der Waals surface area contributed by atoms with Gasteiger partial charge in [-0.05, 0) is 34.1 Å². The van der Waals surface area contributed by atoms with E-state index in [1.165, 1.54) is 24.3 Å². The molecule has 1 aromatic rings. The van der Waals surface area contributed by atoms with Gasteiger partial charge in [0.25, 0.3) is 5.91 Å². The fourth-order valence-corrected chi connectivity index (χ4v) is 2.81. The standard InChI is InChI=1S/C12H14BrN3O4S/c1-2-5-16-21(19,20)8-3-4-10(13)9(6-8)12(18)15-7-11(14)17/h2-4,6,16H,1,5,7H2,(H2,14,17)(H,15,18). The van der Waals surface area contributed by atoms with Gasteiger partial charge in [-0.3, -0.25) is 9.59 Å². The van der Waals surface area contributed by atoms with Gasteiger partial charge in [-0.1, -0.05) is 6.08 Å². The number of sulfonamides is 1. The summed E-state index contributed by atoms with van der Waals surface area (Å²) >= 11 is 3.15. The first-order chi connectivity index (χ1) is 9.77. The van der Waals surface area contributed by atoms with Crippen molar-refractivity contribution in [3.8, 4) is 0 Å². The molecule has 114 valence electrons. The fraction of sp³-hybridized carbons (Fsp3) is 0.167. The van der Waals surface area contributed by atoms with Crippen molar-refractivity contribution in [2.24, 2.45) is 5.73 Å². The summed E-state index contributed by atoms with van der Waals surface area (Å²) in [7, 11) is -3.74. The van der Waals surface area contributed by atoms with Gasteiger partial charge in [0.2, 0.25) is 15.9 Å². The quantitative estimate of drug-likeness (QED) is 0.586. The van der Waals surface area contributed by atoms with Crippen molar-refractivity contribution in [3.63, 3.8) is 0 Å². The average molecular weight is 376 g/mol. The molecule has 0 aliphatic rings. The first kappa shape index (κ1) is 17.3. The van der Waals surface area contributed by atoms with E-state index in [0.717, 1.165) is 0 Å². The first-order valence-corrected chi connectivity index (χ1v) is 8.02. The van der Waals surface area contributed by atoms with Crippen molar-refractivity contribution in [1.29, 1.82) is 0 Å². The number of carbonyl (C=O) groups is 2. The molecule has 0 heterocycles. The number of amides is 2. The second-order valence-electron chi connectivity index (χ2n) is 3.93. The van der Waals surface area contributed by atoms with Gasteiger partial charge in [0, 0.05) is 11.0 Å². The molecule has 0 radical (unpaired) electrons. The second-order valence-corrected chi connectivity index (χ2v) is 6.55. The predicted molar refractivity (Wildman–Crippen MR) is 81.1 cm³/mol. The van der Waals surface area contributed by atoms with E-state index >= 15 is 0 Å². The van der Waals surface area contributed by atoms with Crippen LogP contribution in [0.1, 0.15) is 10.4 Å².